The first-order chi connectivity index (χ1) is 19.5. The van der Waals surface area contributed by atoms with E-state index >= 15 is 0 Å². The zero-order valence-corrected chi connectivity index (χ0v) is 22.6. The van der Waals surface area contributed by atoms with E-state index in [1.165, 1.54) is 22.3 Å². The molecule has 1 aromatic heterocycles. The Balaban J connectivity index is 1.30. The zero-order valence-electron chi connectivity index (χ0n) is 22.6. The van der Waals surface area contributed by atoms with Gasteiger partial charge in [-0.2, -0.15) is 4.98 Å². The lowest BCUT2D eigenvalue weighted by atomic mass is 9.81. The summed E-state index contributed by atoms with van der Waals surface area (Å²) < 4.78 is 1.63. The fraction of sp³-hybridized carbons (Fsp3) is 0.139. The van der Waals surface area contributed by atoms with Crippen molar-refractivity contribution in [1.82, 2.24) is 14.5 Å². The molecule has 4 heteroatoms. The van der Waals surface area contributed by atoms with Crippen molar-refractivity contribution in [3.05, 3.63) is 143 Å². The van der Waals surface area contributed by atoms with E-state index in [-0.39, 0.29) is 11.1 Å². The average molecular weight is 520 g/mol. The molecule has 194 valence electrons. The molecule has 0 saturated carbocycles. The molecule has 2 aliphatic rings. The van der Waals surface area contributed by atoms with Gasteiger partial charge in [-0.15, -0.1) is 0 Å². The topological polar surface area (TPSA) is 47.8 Å². The third kappa shape index (κ3) is 3.95. The van der Waals surface area contributed by atoms with Gasteiger partial charge in [0.25, 0.3) is 0 Å². The van der Waals surface area contributed by atoms with Crippen molar-refractivity contribution in [2.24, 2.45) is 0 Å². The number of benzene rings is 4. The largest absolute Gasteiger partial charge is 0.355 e. The Bertz CT molecular complexity index is 1880. The lowest BCUT2D eigenvalue weighted by molar-refractivity contribution is 0.660. The summed E-state index contributed by atoms with van der Waals surface area (Å²) in [6.07, 6.45) is 8.23. The molecule has 7 rings (SSSR count). The van der Waals surface area contributed by atoms with Crippen LogP contribution in [0.15, 0.2) is 120 Å². The molecule has 5 aromatic rings. The summed E-state index contributed by atoms with van der Waals surface area (Å²) in [6, 6.07) is 33.3. The highest BCUT2D eigenvalue weighted by Crippen LogP contribution is 2.49. The predicted molar refractivity (Wildman–Crippen MR) is 162 cm³/mol. The smallest absolute Gasteiger partial charge is 0.245 e. The zero-order chi connectivity index (χ0) is 27.3. The molecule has 0 unspecified atom stereocenters. The van der Waals surface area contributed by atoms with Gasteiger partial charge in [-0.1, -0.05) is 111 Å². The number of nitrogens with zero attached hydrogens (tertiary/aromatic N) is 3. The number of aromatic nitrogens is 3. The van der Waals surface area contributed by atoms with Crippen molar-refractivity contribution in [2.45, 2.75) is 32.1 Å². The second-order valence-corrected chi connectivity index (χ2v) is 11.0. The van der Waals surface area contributed by atoms with E-state index in [9.17, 15) is 4.79 Å². The monoisotopic (exact) mass is 519 g/mol. The minimum absolute atomic E-state index is 0.0524. The molecule has 0 spiro atoms. The summed E-state index contributed by atoms with van der Waals surface area (Å²) in [5.74, 6) is 1.05. The Morgan fingerprint density at radius 3 is 2.20 bits per heavy atom. The minimum Gasteiger partial charge on any atom is -0.245 e. The summed E-state index contributed by atoms with van der Waals surface area (Å²) in [4.78, 5) is 22.8. The van der Waals surface area contributed by atoms with E-state index in [1.807, 2.05) is 42.5 Å². The molecule has 0 N–H and O–H groups in total. The first kappa shape index (κ1) is 24.2. The second kappa shape index (κ2) is 9.42. The highest BCUT2D eigenvalue weighted by molar-refractivity contribution is 5.83. The maximum Gasteiger partial charge on any atom is 0.355 e. The summed E-state index contributed by atoms with van der Waals surface area (Å²) >= 11 is 0. The van der Waals surface area contributed by atoms with Crippen LogP contribution in [0.5, 0.6) is 0 Å². The number of allylic oxidation sites excluding steroid dienone is 4. The molecule has 4 nitrogen and oxygen atoms in total. The van der Waals surface area contributed by atoms with E-state index in [4.69, 9.17) is 4.98 Å². The Morgan fingerprint density at radius 1 is 0.700 bits per heavy atom. The van der Waals surface area contributed by atoms with Gasteiger partial charge in [-0.05, 0) is 64.4 Å². The molecule has 0 saturated heterocycles. The van der Waals surface area contributed by atoms with Crippen molar-refractivity contribution in [1.29, 1.82) is 0 Å². The maximum atomic E-state index is 13.5. The first-order valence-electron chi connectivity index (χ1n) is 13.8. The van der Waals surface area contributed by atoms with E-state index in [0.29, 0.717) is 11.6 Å². The van der Waals surface area contributed by atoms with Gasteiger partial charge in [0.15, 0.2) is 11.6 Å². The molecule has 0 radical (unpaired) electrons. The van der Waals surface area contributed by atoms with Crippen LogP contribution < -0.4 is 5.69 Å². The number of fused-ring (bicyclic) bond motifs is 3. The lowest BCUT2D eigenvalue weighted by Crippen LogP contribution is -2.26. The number of hydrogen-bond acceptors (Lipinski definition) is 3. The number of hydrogen-bond donors (Lipinski definition) is 0. The van der Waals surface area contributed by atoms with Gasteiger partial charge in [0.05, 0.1) is 5.69 Å². The minimum atomic E-state index is -0.339. The van der Waals surface area contributed by atoms with Crippen molar-refractivity contribution in [2.75, 3.05) is 0 Å². The van der Waals surface area contributed by atoms with Crippen LogP contribution in [-0.2, 0) is 5.41 Å². The summed E-state index contributed by atoms with van der Waals surface area (Å²) in [5.41, 5.74) is 9.72. The van der Waals surface area contributed by atoms with Crippen LogP contribution in [0.25, 0.3) is 44.9 Å². The third-order valence-electron chi connectivity index (χ3n) is 8.14. The fourth-order valence-electron chi connectivity index (χ4n) is 6.02. The van der Waals surface area contributed by atoms with Crippen molar-refractivity contribution < 1.29 is 0 Å². The Kier molecular flexibility index (Phi) is 5.71. The van der Waals surface area contributed by atoms with Gasteiger partial charge in [-0.3, -0.25) is 0 Å². The van der Waals surface area contributed by atoms with Crippen LogP contribution >= 0.6 is 0 Å². The van der Waals surface area contributed by atoms with E-state index < -0.39 is 0 Å². The van der Waals surface area contributed by atoms with Crippen LogP contribution in [0.4, 0.5) is 0 Å². The van der Waals surface area contributed by atoms with Gasteiger partial charge in [0.2, 0.25) is 0 Å². The van der Waals surface area contributed by atoms with Gasteiger partial charge in [-0.25, -0.2) is 14.3 Å². The lowest BCUT2D eigenvalue weighted by Gasteiger charge is -2.22. The highest BCUT2D eigenvalue weighted by Gasteiger charge is 2.35. The molecule has 40 heavy (non-hydrogen) atoms. The molecule has 0 amide bonds. The first-order valence-corrected chi connectivity index (χ1v) is 13.8. The van der Waals surface area contributed by atoms with Crippen LogP contribution in [0.3, 0.4) is 0 Å². The Hall–Kier alpha value is -4.83. The van der Waals surface area contributed by atoms with Crippen molar-refractivity contribution >= 4 is 5.57 Å². The van der Waals surface area contributed by atoms with Gasteiger partial charge in [0.1, 0.15) is 0 Å². The van der Waals surface area contributed by atoms with Crippen molar-refractivity contribution in [3.63, 3.8) is 0 Å². The third-order valence-corrected chi connectivity index (χ3v) is 8.14. The van der Waals surface area contributed by atoms with Crippen LogP contribution in [0, 0.1) is 0 Å². The van der Waals surface area contributed by atoms with E-state index in [2.05, 4.69) is 91.7 Å². The Labute approximate surface area is 234 Å². The SMILES string of the molecule is CC1(C)c2ccccc2-c2ccc(-c3ccc(-n4c(C5=CCCC=C5)nc(-c5ccccc5)nc4=O)cc3)cc21. The fourth-order valence-corrected chi connectivity index (χ4v) is 6.02. The normalized spacial score (nSPS) is 14.9. The van der Waals surface area contributed by atoms with Gasteiger partial charge >= 0.3 is 5.69 Å². The summed E-state index contributed by atoms with van der Waals surface area (Å²) in [5, 5.41) is 0. The quantitative estimate of drug-likeness (QED) is 0.242. The molecular weight excluding hydrogens is 490 g/mol. The van der Waals surface area contributed by atoms with Crippen LogP contribution in [-0.4, -0.2) is 14.5 Å². The molecule has 0 bridgehead atoms. The van der Waals surface area contributed by atoms with Crippen LogP contribution in [0.2, 0.25) is 0 Å². The van der Waals surface area contributed by atoms with Gasteiger partial charge < -0.3 is 0 Å². The standard InChI is InChI=1S/C36H29N3O/c1-36(2)31-16-10-9-15-29(31)30-22-19-27(23-32(30)36)24-17-20-28(21-18-24)39-34(26-13-7-4-8-14-26)37-33(38-35(39)40)25-11-5-3-6-12-25/h3,5-7,9-23H,4,8H2,1-2H3. The van der Waals surface area contributed by atoms with Crippen molar-refractivity contribution in [3.8, 4) is 39.3 Å². The highest BCUT2D eigenvalue weighted by atomic mass is 16.1. The van der Waals surface area contributed by atoms with Gasteiger partial charge in [0, 0.05) is 16.6 Å². The molecular formula is C36H29N3O. The number of rotatable bonds is 4. The molecule has 2 aliphatic carbocycles. The van der Waals surface area contributed by atoms with E-state index in [0.717, 1.165) is 40.8 Å². The Morgan fingerprint density at radius 2 is 1.43 bits per heavy atom. The molecule has 0 atom stereocenters. The molecule has 0 aliphatic heterocycles. The average Bonchev–Trinajstić information content (AvgIpc) is 3.24. The molecule has 0 fully saturated rings. The second-order valence-electron chi connectivity index (χ2n) is 11.0. The predicted octanol–water partition coefficient (Wildman–Crippen LogP) is 8.00. The maximum absolute atomic E-state index is 13.5. The van der Waals surface area contributed by atoms with Crippen LogP contribution in [0.1, 0.15) is 43.6 Å². The summed E-state index contributed by atoms with van der Waals surface area (Å²) in [7, 11) is 0. The van der Waals surface area contributed by atoms with E-state index in [1.54, 1.807) is 4.57 Å². The molecule has 4 aromatic carbocycles. The summed E-state index contributed by atoms with van der Waals surface area (Å²) in [6.45, 7) is 4.60. The molecule has 1 heterocycles.